The molecule has 2 unspecified atom stereocenters. The Morgan fingerprint density at radius 2 is 1.94 bits per heavy atom. The molecule has 3 fully saturated rings. The van der Waals surface area contributed by atoms with Gasteiger partial charge in [0.25, 0.3) is 0 Å². The standard InChI is InChI=1S/C15H29N3/c1-2-8-17-9-5-14(6-10-17)18-11-13-4-3-7-16-15(13)12-18/h13-16H,2-12H2,1H3. The van der Waals surface area contributed by atoms with Crippen LogP contribution in [-0.4, -0.2) is 61.2 Å². The van der Waals surface area contributed by atoms with Crippen molar-refractivity contribution in [3.8, 4) is 0 Å². The molecule has 0 aromatic carbocycles. The molecule has 3 heteroatoms. The van der Waals surface area contributed by atoms with Crippen LogP contribution in [0.15, 0.2) is 0 Å². The molecular formula is C15H29N3. The van der Waals surface area contributed by atoms with Gasteiger partial charge in [-0.15, -0.1) is 0 Å². The Hall–Kier alpha value is -0.120. The van der Waals surface area contributed by atoms with E-state index in [-0.39, 0.29) is 0 Å². The third-order valence-corrected chi connectivity index (χ3v) is 5.24. The van der Waals surface area contributed by atoms with E-state index in [1.165, 1.54) is 71.4 Å². The molecule has 104 valence electrons. The first kappa shape index (κ1) is 12.9. The molecule has 3 aliphatic rings. The van der Waals surface area contributed by atoms with Crippen molar-refractivity contribution in [2.24, 2.45) is 5.92 Å². The molecule has 3 nitrogen and oxygen atoms in total. The van der Waals surface area contributed by atoms with Crippen LogP contribution in [0.2, 0.25) is 0 Å². The first-order chi connectivity index (χ1) is 8.86. The van der Waals surface area contributed by atoms with Crippen molar-refractivity contribution in [2.75, 3.05) is 39.3 Å². The van der Waals surface area contributed by atoms with Crippen LogP contribution in [0.3, 0.4) is 0 Å². The maximum Gasteiger partial charge on any atom is 0.0235 e. The van der Waals surface area contributed by atoms with E-state index < -0.39 is 0 Å². The van der Waals surface area contributed by atoms with Gasteiger partial charge in [-0.1, -0.05) is 6.92 Å². The molecule has 0 bridgehead atoms. The van der Waals surface area contributed by atoms with Gasteiger partial charge >= 0.3 is 0 Å². The summed E-state index contributed by atoms with van der Waals surface area (Å²) >= 11 is 0. The average Bonchev–Trinajstić information content (AvgIpc) is 2.84. The number of nitrogens with one attached hydrogen (secondary N) is 1. The van der Waals surface area contributed by atoms with Crippen LogP contribution in [0.4, 0.5) is 0 Å². The molecule has 0 amide bonds. The molecule has 2 atom stereocenters. The Balaban J connectivity index is 1.48. The van der Waals surface area contributed by atoms with Crippen LogP contribution < -0.4 is 5.32 Å². The zero-order valence-corrected chi connectivity index (χ0v) is 11.9. The molecule has 0 saturated carbocycles. The Labute approximate surface area is 112 Å². The molecule has 1 N–H and O–H groups in total. The normalized spacial score (nSPS) is 35.8. The Bertz CT molecular complexity index is 246. The lowest BCUT2D eigenvalue weighted by Crippen LogP contribution is -2.45. The highest BCUT2D eigenvalue weighted by Crippen LogP contribution is 2.29. The van der Waals surface area contributed by atoms with Crippen LogP contribution in [0.1, 0.15) is 39.0 Å². The maximum atomic E-state index is 3.73. The molecule has 0 spiro atoms. The predicted molar refractivity (Wildman–Crippen MR) is 75.8 cm³/mol. The second-order valence-electron chi connectivity index (χ2n) is 6.49. The third-order valence-electron chi connectivity index (χ3n) is 5.24. The number of rotatable bonds is 3. The fraction of sp³-hybridized carbons (Fsp3) is 1.00. The highest BCUT2D eigenvalue weighted by molar-refractivity contribution is 4.95. The van der Waals surface area contributed by atoms with E-state index in [0.717, 1.165) is 18.0 Å². The van der Waals surface area contributed by atoms with Crippen molar-refractivity contribution in [3.63, 3.8) is 0 Å². The van der Waals surface area contributed by atoms with Gasteiger partial charge in [0, 0.05) is 25.2 Å². The molecule has 0 radical (unpaired) electrons. The first-order valence-corrected chi connectivity index (χ1v) is 8.06. The van der Waals surface area contributed by atoms with Crippen LogP contribution in [0, 0.1) is 5.92 Å². The van der Waals surface area contributed by atoms with Crippen molar-refractivity contribution in [1.82, 2.24) is 15.1 Å². The topological polar surface area (TPSA) is 18.5 Å². The summed E-state index contributed by atoms with van der Waals surface area (Å²) in [6.45, 7) is 10.2. The molecule has 0 aliphatic carbocycles. The highest BCUT2D eigenvalue weighted by atomic mass is 15.2. The van der Waals surface area contributed by atoms with Gasteiger partial charge in [-0.2, -0.15) is 0 Å². The summed E-state index contributed by atoms with van der Waals surface area (Å²) < 4.78 is 0. The summed E-state index contributed by atoms with van der Waals surface area (Å²) in [6.07, 6.45) is 6.97. The Kier molecular flexibility index (Phi) is 4.22. The van der Waals surface area contributed by atoms with Gasteiger partial charge in [0.2, 0.25) is 0 Å². The second-order valence-corrected chi connectivity index (χ2v) is 6.49. The van der Waals surface area contributed by atoms with Crippen LogP contribution in [-0.2, 0) is 0 Å². The molecule has 3 saturated heterocycles. The van der Waals surface area contributed by atoms with E-state index in [1.807, 2.05) is 0 Å². The van der Waals surface area contributed by atoms with E-state index in [0.29, 0.717) is 0 Å². The molecule has 18 heavy (non-hydrogen) atoms. The van der Waals surface area contributed by atoms with Crippen molar-refractivity contribution < 1.29 is 0 Å². The minimum Gasteiger partial charge on any atom is -0.312 e. The SMILES string of the molecule is CCCN1CCC(N2CC3CCCNC3C2)CC1. The van der Waals surface area contributed by atoms with E-state index in [4.69, 9.17) is 0 Å². The minimum atomic E-state index is 0.812. The van der Waals surface area contributed by atoms with Gasteiger partial charge < -0.3 is 10.2 Å². The summed E-state index contributed by atoms with van der Waals surface area (Å²) in [5.74, 6) is 0.951. The number of piperidine rings is 2. The van der Waals surface area contributed by atoms with Crippen LogP contribution in [0.5, 0.6) is 0 Å². The van der Waals surface area contributed by atoms with Crippen LogP contribution in [0.25, 0.3) is 0 Å². The summed E-state index contributed by atoms with van der Waals surface area (Å²) in [5.41, 5.74) is 0. The number of fused-ring (bicyclic) bond motifs is 1. The lowest BCUT2D eigenvalue weighted by Gasteiger charge is -2.36. The van der Waals surface area contributed by atoms with Crippen molar-refractivity contribution in [1.29, 1.82) is 0 Å². The summed E-state index contributed by atoms with van der Waals surface area (Å²) in [5, 5.41) is 3.73. The number of hydrogen-bond acceptors (Lipinski definition) is 3. The van der Waals surface area contributed by atoms with E-state index >= 15 is 0 Å². The zero-order valence-electron chi connectivity index (χ0n) is 11.9. The Morgan fingerprint density at radius 1 is 1.11 bits per heavy atom. The zero-order chi connectivity index (χ0) is 12.4. The summed E-state index contributed by atoms with van der Waals surface area (Å²) in [7, 11) is 0. The minimum absolute atomic E-state index is 0.812. The second kappa shape index (κ2) is 5.89. The molecule has 3 aliphatic heterocycles. The van der Waals surface area contributed by atoms with E-state index in [9.17, 15) is 0 Å². The number of likely N-dealkylation sites (tertiary alicyclic amines) is 2. The molecule has 0 aromatic rings. The summed E-state index contributed by atoms with van der Waals surface area (Å²) in [6, 6.07) is 1.69. The van der Waals surface area contributed by atoms with Crippen molar-refractivity contribution >= 4 is 0 Å². The van der Waals surface area contributed by atoms with Crippen molar-refractivity contribution in [2.45, 2.75) is 51.1 Å². The van der Waals surface area contributed by atoms with Gasteiger partial charge in [0.15, 0.2) is 0 Å². The van der Waals surface area contributed by atoms with Gasteiger partial charge in [-0.3, -0.25) is 4.90 Å². The average molecular weight is 251 g/mol. The fourth-order valence-corrected chi connectivity index (χ4v) is 4.20. The molecular weight excluding hydrogens is 222 g/mol. The molecule has 3 heterocycles. The van der Waals surface area contributed by atoms with E-state index in [1.54, 1.807) is 0 Å². The van der Waals surface area contributed by atoms with Crippen molar-refractivity contribution in [3.05, 3.63) is 0 Å². The van der Waals surface area contributed by atoms with Gasteiger partial charge in [-0.25, -0.2) is 0 Å². The van der Waals surface area contributed by atoms with E-state index in [2.05, 4.69) is 22.0 Å². The first-order valence-electron chi connectivity index (χ1n) is 8.06. The molecule has 0 aromatic heterocycles. The quantitative estimate of drug-likeness (QED) is 0.821. The number of hydrogen-bond donors (Lipinski definition) is 1. The number of nitrogens with zero attached hydrogens (tertiary/aromatic N) is 2. The maximum absolute atomic E-state index is 3.73. The molecule has 3 rings (SSSR count). The third kappa shape index (κ3) is 2.73. The predicted octanol–water partition coefficient (Wildman–Crippen LogP) is 1.54. The largest absolute Gasteiger partial charge is 0.312 e. The summed E-state index contributed by atoms with van der Waals surface area (Å²) in [4.78, 5) is 5.45. The lowest BCUT2D eigenvalue weighted by molar-refractivity contribution is 0.123. The monoisotopic (exact) mass is 251 g/mol. The highest BCUT2D eigenvalue weighted by Gasteiger charge is 2.37. The fourth-order valence-electron chi connectivity index (χ4n) is 4.20. The smallest absolute Gasteiger partial charge is 0.0235 e. The van der Waals surface area contributed by atoms with Gasteiger partial charge in [-0.05, 0) is 64.2 Å². The van der Waals surface area contributed by atoms with Gasteiger partial charge in [0.1, 0.15) is 0 Å². The Morgan fingerprint density at radius 3 is 2.67 bits per heavy atom. The van der Waals surface area contributed by atoms with Gasteiger partial charge in [0.05, 0.1) is 0 Å². The lowest BCUT2D eigenvalue weighted by atomic mass is 9.94. The van der Waals surface area contributed by atoms with Crippen LogP contribution >= 0.6 is 0 Å².